The second kappa shape index (κ2) is 5.02. The van der Waals surface area contributed by atoms with Gasteiger partial charge in [0.05, 0.1) is 17.1 Å². The molecule has 0 saturated heterocycles. The molecule has 2 aromatic carbocycles. The third-order valence-corrected chi connectivity index (χ3v) is 3.37. The average Bonchev–Trinajstić information content (AvgIpc) is 2.82. The SMILES string of the molecule is [CH2]c1cc(-c2cccc(Br)c2)n(-c2ccccc2)n1. The highest BCUT2D eigenvalue weighted by Crippen LogP contribution is 2.26. The Morgan fingerprint density at radius 3 is 2.47 bits per heavy atom. The highest BCUT2D eigenvalue weighted by molar-refractivity contribution is 9.10. The van der Waals surface area contributed by atoms with Gasteiger partial charge in [0.1, 0.15) is 0 Å². The molecule has 0 fully saturated rings. The van der Waals surface area contributed by atoms with Crippen molar-refractivity contribution < 1.29 is 0 Å². The molecule has 19 heavy (non-hydrogen) atoms. The van der Waals surface area contributed by atoms with Crippen molar-refractivity contribution in [3.63, 3.8) is 0 Å². The molecule has 3 rings (SSSR count). The van der Waals surface area contributed by atoms with Crippen molar-refractivity contribution in [2.75, 3.05) is 0 Å². The van der Waals surface area contributed by atoms with E-state index in [0.717, 1.165) is 27.1 Å². The van der Waals surface area contributed by atoms with Crippen molar-refractivity contribution in [2.45, 2.75) is 0 Å². The third-order valence-electron chi connectivity index (χ3n) is 2.88. The first-order valence-corrected chi connectivity index (χ1v) is 6.77. The minimum atomic E-state index is 0.763. The van der Waals surface area contributed by atoms with Crippen molar-refractivity contribution in [2.24, 2.45) is 0 Å². The van der Waals surface area contributed by atoms with Crippen LogP contribution in [-0.2, 0) is 0 Å². The maximum atomic E-state index is 4.48. The summed E-state index contributed by atoms with van der Waals surface area (Å²) in [4.78, 5) is 0. The van der Waals surface area contributed by atoms with Crippen LogP contribution in [0.15, 0.2) is 65.1 Å². The van der Waals surface area contributed by atoms with Gasteiger partial charge in [-0.3, -0.25) is 0 Å². The van der Waals surface area contributed by atoms with Gasteiger partial charge in [0.2, 0.25) is 0 Å². The molecule has 0 spiro atoms. The Morgan fingerprint density at radius 2 is 1.74 bits per heavy atom. The Labute approximate surface area is 120 Å². The van der Waals surface area contributed by atoms with Crippen LogP contribution < -0.4 is 0 Å². The summed E-state index contributed by atoms with van der Waals surface area (Å²) in [6, 6.07) is 20.3. The molecule has 0 unspecified atom stereocenters. The van der Waals surface area contributed by atoms with E-state index in [9.17, 15) is 0 Å². The van der Waals surface area contributed by atoms with E-state index in [1.807, 2.05) is 53.2 Å². The summed E-state index contributed by atoms with van der Waals surface area (Å²) in [6.07, 6.45) is 0. The zero-order valence-corrected chi connectivity index (χ0v) is 11.8. The molecule has 1 aromatic heterocycles. The highest BCUT2D eigenvalue weighted by atomic mass is 79.9. The first-order valence-electron chi connectivity index (χ1n) is 5.97. The summed E-state index contributed by atoms with van der Waals surface area (Å²) in [6.45, 7) is 3.93. The number of halogens is 1. The molecular weight excluding hydrogens is 300 g/mol. The molecule has 0 aliphatic carbocycles. The average molecular weight is 312 g/mol. The van der Waals surface area contributed by atoms with Crippen molar-refractivity contribution in [3.8, 4) is 16.9 Å². The minimum absolute atomic E-state index is 0.763. The lowest BCUT2D eigenvalue weighted by Crippen LogP contribution is -1.98. The molecule has 3 heteroatoms. The van der Waals surface area contributed by atoms with Gasteiger partial charge in [0, 0.05) is 10.0 Å². The number of hydrogen-bond donors (Lipinski definition) is 0. The number of benzene rings is 2. The Hall–Kier alpha value is -1.87. The normalized spacial score (nSPS) is 10.6. The second-order valence-electron chi connectivity index (χ2n) is 4.28. The number of nitrogens with zero attached hydrogens (tertiary/aromatic N) is 2. The van der Waals surface area contributed by atoms with Crippen LogP contribution in [0.4, 0.5) is 0 Å². The zero-order valence-electron chi connectivity index (χ0n) is 10.3. The fourth-order valence-corrected chi connectivity index (χ4v) is 2.45. The molecule has 2 nitrogen and oxygen atoms in total. The van der Waals surface area contributed by atoms with E-state index in [0.29, 0.717) is 0 Å². The first kappa shape index (κ1) is 12.2. The summed E-state index contributed by atoms with van der Waals surface area (Å²) in [5.74, 6) is 0. The quantitative estimate of drug-likeness (QED) is 0.682. The lowest BCUT2D eigenvalue weighted by Gasteiger charge is -2.07. The monoisotopic (exact) mass is 311 g/mol. The van der Waals surface area contributed by atoms with E-state index in [-0.39, 0.29) is 0 Å². The van der Waals surface area contributed by atoms with Gasteiger partial charge in [0.15, 0.2) is 0 Å². The predicted molar refractivity (Wildman–Crippen MR) is 81.2 cm³/mol. The fourth-order valence-electron chi connectivity index (χ4n) is 2.05. The molecule has 93 valence electrons. The minimum Gasteiger partial charge on any atom is -0.233 e. The lowest BCUT2D eigenvalue weighted by atomic mass is 10.1. The van der Waals surface area contributed by atoms with Crippen LogP contribution in [0.1, 0.15) is 5.69 Å². The van der Waals surface area contributed by atoms with Crippen molar-refractivity contribution >= 4 is 15.9 Å². The van der Waals surface area contributed by atoms with Crippen LogP contribution in [0, 0.1) is 6.92 Å². The first-order chi connectivity index (χ1) is 9.24. The number of aromatic nitrogens is 2. The molecular formula is C16H12BrN2. The molecule has 3 aromatic rings. The fraction of sp³-hybridized carbons (Fsp3) is 0. The van der Waals surface area contributed by atoms with Gasteiger partial charge in [-0.15, -0.1) is 0 Å². The summed E-state index contributed by atoms with van der Waals surface area (Å²) < 4.78 is 2.97. The molecule has 1 heterocycles. The highest BCUT2D eigenvalue weighted by Gasteiger charge is 2.09. The van der Waals surface area contributed by atoms with E-state index >= 15 is 0 Å². The molecule has 0 bridgehead atoms. The van der Waals surface area contributed by atoms with Gasteiger partial charge in [-0.25, -0.2) is 4.68 Å². The summed E-state index contributed by atoms with van der Waals surface area (Å²) in [5, 5.41) is 4.48. The van der Waals surface area contributed by atoms with Crippen molar-refractivity contribution in [1.29, 1.82) is 0 Å². The maximum absolute atomic E-state index is 4.48. The van der Waals surface area contributed by atoms with E-state index in [4.69, 9.17) is 0 Å². The standard InChI is InChI=1S/C16H12BrN2/c1-12-10-16(13-6-5-7-14(17)11-13)19(18-12)15-8-3-2-4-9-15/h2-11H,1H2. The van der Waals surface area contributed by atoms with E-state index < -0.39 is 0 Å². The third kappa shape index (κ3) is 2.47. The Kier molecular flexibility index (Phi) is 3.22. The largest absolute Gasteiger partial charge is 0.233 e. The van der Waals surface area contributed by atoms with Crippen LogP contribution in [0.5, 0.6) is 0 Å². The Bertz CT molecular complexity index is 702. The topological polar surface area (TPSA) is 17.8 Å². The van der Waals surface area contributed by atoms with Crippen LogP contribution >= 0.6 is 15.9 Å². The number of hydrogen-bond acceptors (Lipinski definition) is 1. The molecule has 0 saturated carbocycles. The van der Waals surface area contributed by atoms with Crippen molar-refractivity contribution in [3.05, 3.63) is 77.8 Å². The predicted octanol–water partition coefficient (Wildman–Crippen LogP) is 4.48. The van der Waals surface area contributed by atoms with Crippen LogP contribution in [0.25, 0.3) is 16.9 Å². The summed E-state index contributed by atoms with van der Waals surface area (Å²) in [7, 11) is 0. The van der Waals surface area contributed by atoms with Gasteiger partial charge in [-0.05, 0) is 37.3 Å². The van der Waals surface area contributed by atoms with Gasteiger partial charge in [-0.2, -0.15) is 5.10 Å². The number of rotatable bonds is 2. The smallest absolute Gasteiger partial charge is 0.0744 e. The van der Waals surface area contributed by atoms with Gasteiger partial charge in [-0.1, -0.05) is 46.3 Å². The van der Waals surface area contributed by atoms with Crippen LogP contribution in [0.2, 0.25) is 0 Å². The lowest BCUT2D eigenvalue weighted by molar-refractivity contribution is 0.879. The van der Waals surface area contributed by atoms with Gasteiger partial charge < -0.3 is 0 Å². The molecule has 0 N–H and O–H groups in total. The van der Waals surface area contributed by atoms with E-state index in [2.05, 4.69) is 40.1 Å². The van der Waals surface area contributed by atoms with Crippen molar-refractivity contribution in [1.82, 2.24) is 9.78 Å². The molecule has 0 aliphatic rings. The van der Waals surface area contributed by atoms with Gasteiger partial charge in [0.25, 0.3) is 0 Å². The molecule has 0 atom stereocenters. The zero-order chi connectivity index (χ0) is 13.2. The Balaban J connectivity index is 2.18. The maximum Gasteiger partial charge on any atom is 0.0744 e. The molecule has 0 aliphatic heterocycles. The molecule has 1 radical (unpaired) electrons. The Morgan fingerprint density at radius 1 is 0.947 bits per heavy atom. The van der Waals surface area contributed by atoms with Gasteiger partial charge >= 0.3 is 0 Å². The second-order valence-corrected chi connectivity index (χ2v) is 5.19. The summed E-state index contributed by atoms with van der Waals surface area (Å²) >= 11 is 3.50. The van der Waals surface area contributed by atoms with Crippen LogP contribution in [0.3, 0.4) is 0 Å². The molecule has 0 amide bonds. The van der Waals surface area contributed by atoms with E-state index in [1.165, 1.54) is 0 Å². The van der Waals surface area contributed by atoms with E-state index in [1.54, 1.807) is 0 Å². The van der Waals surface area contributed by atoms with Crippen LogP contribution in [-0.4, -0.2) is 9.78 Å². The number of para-hydroxylation sites is 1. The summed E-state index contributed by atoms with van der Waals surface area (Å²) in [5.41, 5.74) is 3.95.